The number of rotatable bonds is 7. The van der Waals surface area contributed by atoms with E-state index in [0.29, 0.717) is 17.7 Å². The number of sulfonamides is 1. The van der Waals surface area contributed by atoms with Crippen molar-refractivity contribution in [2.45, 2.75) is 44.7 Å². The van der Waals surface area contributed by atoms with E-state index in [1.54, 1.807) is 22.8 Å². The largest absolute Gasteiger partial charge is 0.308 e. The standard InChI is InChI=1S/C25H26N2O3S2/c1-4-22(20-11-10-17(2)18(3)14-20)26-32(29,30)21-12-13-23-24(15-21)31-25(28)27(23)16-19-8-6-5-7-9-19/h5-15,22,26H,4,16H2,1-3H3/t22-/m1/s1. The topological polar surface area (TPSA) is 68.2 Å². The third-order valence-electron chi connectivity index (χ3n) is 5.77. The van der Waals surface area contributed by atoms with Gasteiger partial charge in [-0.3, -0.25) is 9.36 Å². The van der Waals surface area contributed by atoms with Crippen LogP contribution >= 0.6 is 11.3 Å². The third-order valence-corrected chi connectivity index (χ3v) is 8.18. The van der Waals surface area contributed by atoms with Gasteiger partial charge in [-0.15, -0.1) is 0 Å². The average Bonchev–Trinajstić information content (AvgIpc) is 3.09. The van der Waals surface area contributed by atoms with Gasteiger partial charge in [0.25, 0.3) is 0 Å². The molecule has 1 aromatic heterocycles. The summed E-state index contributed by atoms with van der Waals surface area (Å²) in [5, 5.41) is 0. The lowest BCUT2D eigenvalue weighted by atomic mass is 10.0. The molecule has 0 radical (unpaired) electrons. The first-order chi connectivity index (χ1) is 15.3. The fourth-order valence-electron chi connectivity index (χ4n) is 3.75. The molecule has 0 aliphatic rings. The van der Waals surface area contributed by atoms with Crippen LogP contribution in [0.2, 0.25) is 0 Å². The Balaban J connectivity index is 1.64. The van der Waals surface area contributed by atoms with Crippen LogP contribution in [-0.2, 0) is 16.6 Å². The predicted molar refractivity (Wildman–Crippen MR) is 131 cm³/mol. The van der Waals surface area contributed by atoms with E-state index in [9.17, 15) is 13.2 Å². The van der Waals surface area contributed by atoms with Crippen molar-refractivity contribution in [2.24, 2.45) is 0 Å². The molecule has 1 N–H and O–H groups in total. The molecule has 4 aromatic rings. The van der Waals surface area contributed by atoms with Gasteiger partial charge in [-0.25, -0.2) is 13.1 Å². The summed E-state index contributed by atoms with van der Waals surface area (Å²) in [6, 6.07) is 20.3. The van der Waals surface area contributed by atoms with Gasteiger partial charge in [-0.2, -0.15) is 0 Å². The van der Waals surface area contributed by atoms with E-state index in [1.165, 1.54) is 5.56 Å². The van der Waals surface area contributed by atoms with Gasteiger partial charge in [0.15, 0.2) is 0 Å². The highest BCUT2D eigenvalue weighted by molar-refractivity contribution is 7.89. The van der Waals surface area contributed by atoms with Crippen molar-refractivity contribution < 1.29 is 8.42 Å². The van der Waals surface area contributed by atoms with E-state index < -0.39 is 10.0 Å². The van der Waals surface area contributed by atoms with E-state index in [-0.39, 0.29) is 15.8 Å². The Labute approximate surface area is 192 Å². The first kappa shape index (κ1) is 22.5. The van der Waals surface area contributed by atoms with Crippen molar-refractivity contribution in [2.75, 3.05) is 0 Å². The molecule has 1 heterocycles. The molecular weight excluding hydrogens is 440 g/mol. The monoisotopic (exact) mass is 466 g/mol. The van der Waals surface area contributed by atoms with Gasteiger partial charge in [0.05, 0.1) is 21.7 Å². The van der Waals surface area contributed by atoms with Crippen molar-refractivity contribution in [3.05, 3.63) is 98.7 Å². The van der Waals surface area contributed by atoms with Gasteiger partial charge < -0.3 is 0 Å². The Bertz CT molecular complexity index is 1420. The summed E-state index contributed by atoms with van der Waals surface area (Å²) in [5.74, 6) is 0. The van der Waals surface area contributed by atoms with Gasteiger partial charge in [0, 0.05) is 6.04 Å². The minimum atomic E-state index is -3.75. The zero-order chi connectivity index (χ0) is 22.9. The van der Waals surface area contributed by atoms with Crippen LogP contribution in [0, 0.1) is 13.8 Å². The molecular formula is C25H26N2O3S2. The summed E-state index contributed by atoms with van der Waals surface area (Å²) >= 11 is 1.07. The predicted octanol–water partition coefficient (Wildman–Crippen LogP) is 5.16. The number of nitrogens with zero attached hydrogens (tertiary/aromatic N) is 1. The Morgan fingerprint density at radius 2 is 1.72 bits per heavy atom. The molecule has 166 valence electrons. The molecule has 32 heavy (non-hydrogen) atoms. The molecule has 0 fully saturated rings. The van der Waals surface area contributed by atoms with E-state index in [4.69, 9.17) is 0 Å². The zero-order valence-electron chi connectivity index (χ0n) is 18.3. The average molecular weight is 467 g/mol. The molecule has 3 aromatic carbocycles. The van der Waals surface area contributed by atoms with Crippen molar-refractivity contribution in [3.8, 4) is 0 Å². The van der Waals surface area contributed by atoms with Crippen LogP contribution in [-0.4, -0.2) is 13.0 Å². The number of hydrogen-bond acceptors (Lipinski definition) is 4. The first-order valence-corrected chi connectivity index (χ1v) is 12.9. The van der Waals surface area contributed by atoms with E-state index in [2.05, 4.69) is 4.72 Å². The van der Waals surface area contributed by atoms with Crippen LogP contribution in [0.4, 0.5) is 0 Å². The molecule has 0 saturated heterocycles. The maximum absolute atomic E-state index is 13.2. The van der Waals surface area contributed by atoms with Crippen LogP contribution in [0.1, 0.15) is 41.6 Å². The van der Waals surface area contributed by atoms with E-state index >= 15 is 0 Å². The summed E-state index contributed by atoms with van der Waals surface area (Å²) in [6.07, 6.45) is 0.630. The minimum Gasteiger partial charge on any atom is -0.294 e. The molecule has 5 nitrogen and oxygen atoms in total. The minimum absolute atomic E-state index is 0.104. The second-order valence-electron chi connectivity index (χ2n) is 8.00. The highest BCUT2D eigenvalue weighted by atomic mass is 32.2. The molecule has 0 aliphatic heterocycles. The molecule has 0 bridgehead atoms. The Hall–Kier alpha value is -2.74. The maximum atomic E-state index is 13.2. The Morgan fingerprint density at radius 3 is 2.41 bits per heavy atom. The fraction of sp³-hybridized carbons (Fsp3) is 0.240. The van der Waals surface area contributed by atoms with Gasteiger partial charge >= 0.3 is 4.87 Å². The van der Waals surface area contributed by atoms with Crippen molar-refractivity contribution in [1.82, 2.24) is 9.29 Å². The highest BCUT2D eigenvalue weighted by Gasteiger charge is 2.22. The lowest BCUT2D eigenvalue weighted by Gasteiger charge is -2.19. The number of thiazole rings is 1. The summed E-state index contributed by atoms with van der Waals surface area (Å²) < 4.78 is 31.5. The molecule has 0 spiro atoms. The molecule has 0 amide bonds. The molecule has 1 atom stereocenters. The normalized spacial score (nSPS) is 12.8. The smallest absolute Gasteiger partial charge is 0.294 e. The molecule has 0 aliphatic carbocycles. The summed E-state index contributed by atoms with van der Waals surface area (Å²) in [6.45, 7) is 6.47. The van der Waals surface area contributed by atoms with Gasteiger partial charge in [0.1, 0.15) is 0 Å². The lowest BCUT2D eigenvalue weighted by molar-refractivity contribution is 0.550. The summed E-state index contributed by atoms with van der Waals surface area (Å²) in [5.41, 5.74) is 5.01. The zero-order valence-corrected chi connectivity index (χ0v) is 20.0. The van der Waals surface area contributed by atoms with Crippen molar-refractivity contribution >= 4 is 31.6 Å². The van der Waals surface area contributed by atoms with E-state index in [1.807, 2.05) is 69.3 Å². The number of hydrogen-bond donors (Lipinski definition) is 1. The Kier molecular flexibility index (Phi) is 6.33. The third kappa shape index (κ3) is 4.55. The fourth-order valence-corrected chi connectivity index (χ4v) is 6.09. The molecule has 0 saturated carbocycles. The first-order valence-electron chi connectivity index (χ1n) is 10.6. The number of benzene rings is 3. The van der Waals surface area contributed by atoms with Gasteiger partial charge in [0.2, 0.25) is 10.0 Å². The number of aryl methyl sites for hydroxylation is 2. The lowest BCUT2D eigenvalue weighted by Crippen LogP contribution is -2.28. The highest BCUT2D eigenvalue weighted by Crippen LogP contribution is 2.26. The number of aromatic nitrogens is 1. The molecule has 0 unspecified atom stereocenters. The second kappa shape index (κ2) is 9.02. The SMILES string of the molecule is CC[C@@H](NS(=O)(=O)c1ccc2c(c1)sc(=O)n2Cc1ccccc1)c1ccc(C)c(C)c1. The second-order valence-corrected chi connectivity index (χ2v) is 10.7. The van der Waals surface area contributed by atoms with Crippen molar-refractivity contribution in [3.63, 3.8) is 0 Å². The maximum Gasteiger partial charge on any atom is 0.308 e. The van der Waals surface area contributed by atoms with Crippen LogP contribution in [0.15, 0.2) is 76.4 Å². The van der Waals surface area contributed by atoms with Crippen LogP contribution in [0.5, 0.6) is 0 Å². The van der Waals surface area contributed by atoms with Crippen LogP contribution < -0.4 is 9.60 Å². The summed E-state index contributed by atoms with van der Waals surface area (Å²) in [7, 11) is -3.75. The van der Waals surface area contributed by atoms with E-state index in [0.717, 1.165) is 33.5 Å². The summed E-state index contributed by atoms with van der Waals surface area (Å²) in [4.78, 5) is 12.7. The Morgan fingerprint density at radius 1 is 0.969 bits per heavy atom. The van der Waals surface area contributed by atoms with Crippen LogP contribution in [0.3, 0.4) is 0 Å². The van der Waals surface area contributed by atoms with Gasteiger partial charge in [-0.1, -0.05) is 66.8 Å². The molecule has 4 rings (SSSR count). The number of nitrogens with one attached hydrogen (secondary N) is 1. The van der Waals surface area contributed by atoms with Gasteiger partial charge in [-0.05, 0) is 60.7 Å². The van der Waals surface area contributed by atoms with Crippen molar-refractivity contribution in [1.29, 1.82) is 0 Å². The van der Waals surface area contributed by atoms with Crippen LogP contribution in [0.25, 0.3) is 10.2 Å². The number of fused-ring (bicyclic) bond motifs is 1. The molecule has 7 heteroatoms. The quantitative estimate of drug-likeness (QED) is 0.409.